The molecule has 2 aromatic carbocycles. The summed E-state index contributed by atoms with van der Waals surface area (Å²) in [5, 5.41) is 11.7. The summed E-state index contributed by atoms with van der Waals surface area (Å²) in [4.78, 5) is 25.4. The van der Waals surface area contributed by atoms with E-state index >= 15 is 0 Å². The maximum Gasteiger partial charge on any atom is 0.416 e. The van der Waals surface area contributed by atoms with Gasteiger partial charge in [0.2, 0.25) is 5.91 Å². The minimum absolute atomic E-state index is 0.0496. The summed E-state index contributed by atoms with van der Waals surface area (Å²) >= 11 is 0. The van der Waals surface area contributed by atoms with Gasteiger partial charge in [0.05, 0.1) is 23.2 Å². The second kappa shape index (κ2) is 9.46. The van der Waals surface area contributed by atoms with Crippen LogP contribution < -0.4 is 5.32 Å². The fraction of sp³-hybridized carbons (Fsp3) is 0.391. The van der Waals surface area contributed by atoms with Gasteiger partial charge in [0.25, 0.3) is 5.92 Å². The number of nitrogens with one attached hydrogen (secondary N) is 1. The molecule has 0 spiro atoms. The van der Waals surface area contributed by atoms with Crippen molar-refractivity contribution in [3.05, 3.63) is 70.8 Å². The van der Waals surface area contributed by atoms with Crippen molar-refractivity contribution in [2.24, 2.45) is 0 Å². The molecule has 1 aliphatic heterocycles. The van der Waals surface area contributed by atoms with Gasteiger partial charge in [0, 0.05) is 25.9 Å². The van der Waals surface area contributed by atoms with Crippen LogP contribution in [0.1, 0.15) is 52.9 Å². The molecule has 2 aromatic rings. The first-order valence-corrected chi connectivity index (χ1v) is 10.3. The molecule has 1 fully saturated rings. The van der Waals surface area contributed by atoms with Gasteiger partial charge in [0.1, 0.15) is 0 Å². The molecule has 1 aliphatic rings. The number of carboxylic acid groups (broad SMARTS) is 1. The number of carbonyl (C=O) groups excluding carboxylic acids is 1. The zero-order valence-corrected chi connectivity index (χ0v) is 17.7. The van der Waals surface area contributed by atoms with E-state index in [9.17, 15) is 31.5 Å². The summed E-state index contributed by atoms with van der Waals surface area (Å²) in [5.41, 5.74) is 0.342. The molecule has 1 unspecified atom stereocenters. The molecule has 0 saturated carbocycles. The van der Waals surface area contributed by atoms with E-state index in [1.54, 1.807) is 6.92 Å². The third kappa shape index (κ3) is 6.28. The summed E-state index contributed by atoms with van der Waals surface area (Å²) in [6.45, 7) is 1.61. The Morgan fingerprint density at radius 1 is 1.12 bits per heavy atom. The molecule has 0 bridgehead atoms. The molecule has 1 heterocycles. The number of benzene rings is 2. The normalized spacial score (nSPS) is 19.6. The third-order valence-electron chi connectivity index (χ3n) is 5.68. The summed E-state index contributed by atoms with van der Waals surface area (Å²) in [6.07, 6.45) is -5.64. The Labute approximate surface area is 187 Å². The smallest absolute Gasteiger partial charge is 0.416 e. The first kappa shape index (κ1) is 24.6. The van der Waals surface area contributed by atoms with Gasteiger partial charge in [-0.2, -0.15) is 13.2 Å². The van der Waals surface area contributed by atoms with Crippen LogP contribution in [0.15, 0.2) is 48.5 Å². The Balaban J connectivity index is 1.72. The molecule has 3 rings (SSSR count). The second-order valence-corrected chi connectivity index (χ2v) is 8.15. The van der Waals surface area contributed by atoms with Crippen LogP contribution >= 0.6 is 0 Å². The maximum atomic E-state index is 14.1. The molecule has 2 atom stereocenters. The van der Waals surface area contributed by atoms with E-state index in [0.29, 0.717) is 11.1 Å². The lowest BCUT2D eigenvalue weighted by Crippen LogP contribution is -2.54. The number of hydrogen-bond donors (Lipinski definition) is 2. The number of likely N-dealkylation sites (tertiary alicyclic amines) is 1. The minimum Gasteiger partial charge on any atom is -0.478 e. The molecule has 2 N–H and O–H groups in total. The van der Waals surface area contributed by atoms with Gasteiger partial charge in [-0.25, -0.2) is 13.6 Å². The average molecular weight is 470 g/mol. The lowest BCUT2D eigenvalue weighted by molar-refractivity contribution is -0.138. The first-order chi connectivity index (χ1) is 15.4. The number of amides is 1. The Bertz CT molecular complexity index is 991. The lowest BCUT2D eigenvalue weighted by atomic mass is 9.96. The lowest BCUT2D eigenvalue weighted by Gasteiger charge is -2.39. The fourth-order valence-electron chi connectivity index (χ4n) is 3.77. The van der Waals surface area contributed by atoms with Crippen LogP contribution in [-0.2, 0) is 17.5 Å². The number of carbonyl (C=O) groups is 2. The van der Waals surface area contributed by atoms with E-state index in [1.807, 2.05) is 0 Å². The monoisotopic (exact) mass is 470 g/mol. The highest BCUT2D eigenvalue weighted by atomic mass is 19.4. The number of piperidine rings is 1. The van der Waals surface area contributed by atoms with Crippen LogP contribution in [0.4, 0.5) is 22.0 Å². The van der Waals surface area contributed by atoms with Crippen molar-refractivity contribution in [2.75, 3.05) is 6.54 Å². The molecule has 1 saturated heterocycles. The highest BCUT2D eigenvalue weighted by molar-refractivity contribution is 5.87. The summed E-state index contributed by atoms with van der Waals surface area (Å²) in [7, 11) is 0. The second-order valence-electron chi connectivity index (χ2n) is 8.15. The van der Waals surface area contributed by atoms with E-state index in [4.69, 9.17) is 5.11 Å². The number of halogens is 5. The predicted octanol–water partition coefficient (Wildman–Crippen LogP) is 4.88. The first-order valence-electron chi connectivity index (χ1n) is 10.3. The van der Waals surface area contributed by atoms with E-state index in [0.717, 1.165) is 12.1 Å². The molecule has 33 heavy (non-hydrogen) atoms. The van der Waals surface area contributed by atoms with Gasteiger partial charge in [0.15, 0.2) is 0 Å². The van der Waals surface area contributed by atoms with Crippen molar-refractivity contribution in [1.29, 1.82) is 0 Å². The Kier molecular flexibility index (Phi) is 7.06. The molecule has 178 valence electrons. The van der Waals surface area contributed by atoms with Crippen LogP contribution in [-0.4, -0.2) is 40.4 Å². The van der Waals surface area contributed by atoms with Gasteiger partial charge in [-0.1, -0.05) is 24.3 Å². The van der Waals surface area contributed by atoms with Crippen molar-refractivity contribution < 1.29 is 36.6 Å². The van der Waals surface area contributed by atoms with Gasteiger partial charge in [-0.15, -0.1) is 0 Å². The molecule has 0 radical (unpaired) electrons. The van der Waals surface area contributed by atoms with Gasteiger partial charge < -0.3 is 10.4 Å². The number of rotatable bonds is 6. The van der Waals surface area contributed by atoms with E-state index < -0.39 is 54.5 Å². The molecule has 10 heteroatoms. The summed E-state index contributed by atoms with van der Waals surface area (Å²) < 4.78 is 66.5. The minimum atomic E-state index is -4.48. The van der Waals surface area contributed by atoms with E-state index in [1.165, 1.54) is 41.3 Å². The Morgan fingerprint density at radius 3 is 2.27 bits per heavy atom. The van der Waals surface area contributed by atoms with Crippen molar-refractivity contribution >= 4 is 11.9 Å². The van der Waals surface area contributed by atoms with Gasteiger partial charge in [-0.3, -0.25) is 9.69 Å². The van der Waals surface area contributed by atoms with Crippen molar-refractivity contribution in [3.8, 4) is 0 Å². The zero-order valence-electron chi connectivity index (χ0n) is 17.7. The number of alkyl halides is 5. The number of aromatic carboxylic acids is 1. The molecular weight excluding hydrogens is 447 g/mol. The number of nitrogens with zero attached hydrogens (tertiary/aromatic N) is 1. The number of carboxylic acids is 1. The summed E-state index contributed by atoms with van der Waals surface area (Å²) in [5.74, 6) is -4.76. The van der Waals surface area contributed by atoms with Crippen LogP contribution in [0.5, 0.6) is 0 Å². The average Bonchev–Trinajstić information content (AvgIpc) is 2.74. The van der Waals surface area contributed by atoms with Gasteiger partial charge in [-0.05, 0) is 42.3 Å². The van der Waals surface area contributed by atoms with Crippen LogP contribution in [0.3, 0.4) is 0 Å². The topological polar surface area (TPSA) is 69.6 Å². The SMILES string of the molecule is CC(NC(=O)[C@@H]1CC(F)(F)CCN1Cc1ccc(C(F)(F)F)cc1)c1ccc(C(=O)O)cc1. The van der Waals surface area contributed by atoms with Crippen molar-refractivity contribution in [2.45, 2.75) is 50.5 Å². The van der Waals surface area contributed by atoms with E-state index in [-0.39, 0.29) is 18.7 Å². The molecule has 5 nitrogen and oxygen atoms in total. The third-order valence-corrected chi connectivity index (χ3v) is 5.68. The summed E-state index contributed by atoms with van der Waals surface area (Å²) in [6, 6.07) is 8.48. The maximum absolute atomic E-state index is 14.1. The number of hydrogen-bond acceptors (Lipinski definition) is 3. The fourth-order valence-corrected chi connectivity index (χ4v) is 3.77. The molecule has 1 amide bonds. The Hall–Kier alpha value is -3.01. The van der Waals surface area contributed by atoms with Crippen molar-refractivity contribution in [1.82, 2.24) is 10.2 Å². The zero-order chi connectivity index (χ0) is 24.4. The van der Waals surface area contributed by atoms with Crippen molar-refractivity contribution in [3.63, 3.8) is 0 Å². The largest absolute Gasteiger partial charge is 0.478 e. The highest BCUT2D eigenvalue weighted by Gasteiger charge is 2.43. The highest BCUT2D eigenvalue weighted by Crippen LogP contribution is 2.34. The van der Waals surface area contributed by atoms with Crippen LogP contribution in [0, 0.1) is 0 Å². The standard InChI is InChI=1S/C23H23F5N2O3/c1-14(16-4-6-17(7-5-16)21(32)33)29-20(31)19-12-22(24,25)10-11-30(19)13-15-2-8-18(9-3-15)23(26,27)28/h2-9,14,19H,10-13H2,1H3,(H,29,31)(H,32,33)/t14?,19-/m0/s1. The van der Waals surface area contributed by atoms with Gasteiger partial charge >= 0.3 is 12.1 Å². The predicted molar refractivity (Wildman–Crippen MR) is 110 cm³/mol. The van der Waals surface area contributed by atoms with Crippen LogP contribution in [0.2, 0.25) is 0 Å². The van der Waals surface area contributed by atoms with E-state index in [2.05, 4.69) is 5.32 Å². The van der Waals surface area contributed by atoms with Crippen LogP contribution in [0.25, 0.3) is 0 Å². The molecule has 0 aliphatic carbocycles. The quantitative estimate of drug-likeness (QED) is 0.591. The Morgan fingerprint density at radius 2 is 1.73 bits per heavy atom. The molecule has 0 aromatic heterocycles. The molecular formula is C23H23F5N2O3.